The van der Waals surface area contributed by atoms with Crippen molar-refractivity contribution in [3.8, 4) is 11.8 Å². The number of halogens is 2. The van der Waals surface area contributed by atoms with Gasteiger partial charge in [0.05, 0.1) is 21.1 Å². The molecule has 0 saturated heterocycles. The van der Waals surface area contributed by atoms with Gasteiger partial charge >= 0.3 is 0 Å². The van der Waals surface area contributed by atoms with Gasteiger partial charge in [-0.15, -0.1) is 0 Å². The molecule has 4 nitrogen and oxygen atoms in total. The van der Waals surface area contributed by atoms with Gasteiger partial charge in [-0.2, -0.15) is 5.26 Å². The molecule has 0 unspecified atom stereocenters. The smallest absolute Gasteiger partial charge is 0.149 e. The van der Waals surface area contributed by atoms with E-state index < -0.39 is 0 Å². The summed E-state index contributed by atoms with van der Waals surface area (Å²) in [5, 5.41) is 9.60. The van der Waals surface area contributed by atoms with E-state index in [2.05, 4.69) is 47.9 Å². The fourth-order valence-corrected chi connectivity index (χ4v) is 3.64. The molecule has 0 bridgehead atoms. The summed E-state index contributed by atoms with van der Waals surface area (Å²) in [7, 11) is 0. The molecule has 142 valence electrons. The molecular formula is C23H15Br2N3O. The number of para-hydroxylation sites is 2. The first-order valence-electron chi connectivity index (χ1n) is 8.86. The van der Waals surface area contributed by atoms with Crippen molar-refractivity contribution in [1.82, 2.24) is 9.97 Å². The number of hydrogen-bond donors (Lipinski definition) is 1. The number of allylic oxidation sites excluding steroid dienone is 1. The number of nitriles is 1. The molecule has 4 aromatic rings. The minimum Gasteiger partial charge on any atom is -0.488 e. The highest BCUT2D eigenvalue weighted by Crippen LogP contribution is 2.29. The number of fused-ring (bicyclic) bond motifs is 1. The summed E-state index contributed by atoms with van der Waals surface area (Å²) < 4.78 is 7.77. The fourth-order valence-electron chi connectivity index (χ4n) is 2.87. The van der Waals surface area contributed by atoms with Crippen LogP contribution in [0, 0.1) is 11.3 Å². The average Bonchev–Trinajstić information content (AvgIpc) is 3.16. The molecule has 3 aromatic carbocycles. The Morgan fingerprint density at radius 1 is 1.07 bits per heavy atom. The molecule has 0 aliphatic heterocycles. The molecular weight excluding hydrogens is 494 g/mol. The van der Waals surface area contributed by atoms with E-state index in [1.54, 1.807) is 6.08 Å². The quantitative estimate of drug-likeness (QED) is 0.304. The Labute approximate surface area is 185 Å². The van der Waals surface area contributed by atoms with Crippen LogP contribution in [-0.4, -0.2) is 9.97 Å². The van der Waals surface area contributed by atoms with Crippen molar-refractivity contribution >= 4 is 54.5 Å². The Balaban J connectivity index is 1.54. The van der Waals surface area contributed by atoms with E-state index in [0.717, 1.165) is 36.9 Å². The van der Waals surface area contributed by atoms with E-state index in [-0.39, 0.29) is 0 Å². The summed E-state index contributed by atoms with van der Waals surface area (Å²) in [6.07, 6.45) is 1.81. The molecule has 0 aliphatic carbocycles. The Morgan fingerprint density at radius 2 is 1.86 bits per heavy atom. The molecule has 0 fully saturated rings. The van der Waals surface area contributed by atoms with Crippen LogP contribution in [0.25, 0.3) is 22.7 Å². The van der Waals surface area contributed by atoms with Crippen molar-refractivity contribution in [3.05, 3.63) is 92.6 Å². The molecule has 0 aliphatic rings. The minimum absolute atomic E-state index is 0.469. The maximum Gasteiger partial charge on any atom is 0.149 e. The molecule has 0 atom stereocenters. The second kappa shape index (κ2) is 8.64. The number of rotatable bonds is 5. The summed E-state index contributed by atoms with van der Waals surface area (Å²) in [6, 6.07) is 23.7. The first-order chi connectivity index (χ1) is 14.1. The first-order valence-corrected chi connectivity index (χ1v) is 10.4. The van der Waals surface area contributed by atoms with Crippen molar-refractivity contribution in [2.45, 2.75) is 6.61 Å². The molecule has 0 spiro atoms. The van der Waals surface area contributed by atoms with Crippen LogP contribution >= 0.6 is 31.9 Å². The lowest BCUT2D eigenvalue weighted by molar-refractivity contribution is 0.304. The van der Waals surface area contributed by atoms with Gasteiger partial charge in [0.1, 0.15) is 24.3 Å². The maximum absolute atomic E-state index is 9.60. The van der Waals surface area contributed by atoms with E-state index in [1.165, 1.54) is 0 Å². The van der Waals surface area contributed by atoms with Crippen LogP contribution in [0.15, 0.2) is 75.7 Å². The van der Waals surface area contributed by atoms with Gasteiger partial charge in [-0.1, -0.05) is 46.3 Å². The molecule has 0 radical (unpaired) electrons. The van der Waals surface area contributed by atoms with Crippen LogP contribution in [0.2, 0.25) is 0 Å². The summed E-state index contributed by atoms with van der Waals surface area (Å²) in [6.45, 7) is 0.476. The molecule has 1 N–H and O–H groups in total. The van der Waals surface area contributed by atoms with Gasteiger partial charge in [0, 0.05) is 4.47 Å². The highest BCUT2D eigenvalue weighted by molar-refractivity contribution is 9.10. The maximum atomic E-state index is 9.60. The number of nitrogens with zero attached hydrogens (tertiary/aromatic N) is 2. The van der Waals surface area contributed by atoms with Gasteiger partial charge in [-0.25, -0.2) is 4.98 Å². The second-order valence-electron chi connectivity index (χ2n) is 6.38. The molecule has 1 aromatic heterocycles. The van der Waals surface area contributed by atoms with E-state index in [4.69, 9.17) is 4.74 Å². The number of aromatic nitrogens is 2. The molecule has 0 saturated carbocycles. The highest BCUT2D eigenvalue weighted by atomic mass is 79.9. The lowest BCUT2D eigenvalue weighted by atomic mass is 10.1. The summed E-state index contributed by atoms with van der Waals surface area (Å²) in [5.74, 6) is 1.30. The molecule has 0 amide bonds. The summed E-state index contributed by atoms with van der Waals surface area (Å²) in [5.41, 5.74) is 4.17. The van der Waals surface area contributed by atoms with Crippen LogP contribution in [-0.2, 0) is 6.61 Å². The molecule has 1 heterocycles. The van der Waals surface area contributed by atoms with Crippen molar-refractivity contribution in [1.29, 1.82) is 5.26 Å². The van der Waals surface area contributed by atoms with Gasteiger partial charge in [-0.3, -0.25) is 0 Å². The van der Waals surface area contributed by atoms with Crippen LogP contribution < -0.4 is 4.74 Å². The molecule has 4 rings (SSSR count). The Bertz CT molecular complexity index is 1200. The Morgan fingerprint density at radius 3 is 2.59 bits per heavy atom. The van der Waals surface area contributed by atoms with E-state index in [0.29, 0.717) is 18.0 Å². The van der Waals surface area contributed by atoms with Crippen molar-refractivity contribution in [2.24, 2.45) is 0 Å². The van der Waals surface area contributed by atoms with Gasteiger partial charge in [0.15, 0.2) is 0 Å². The van der Waals surface area contributed by atoms with Crippen molar-refractivity contribution in [2.75, 3.05) is 0 Å². The van der Waals surface area contributed by atoms with Gasteiger partial charge in [0.25, 0.3) is 0 Å². The van der Waals surface area contributed by atoms with E-state index in [9.17, 15) is 5.26 Å². The number of hydrogen-bond acceptors (Lipinski definition) is 3. The van der Waals surface area contributed by atoms with Crippen LogP contribution in [0.3, 0.4) is 0 Å². The fraction of sp³-hybridized carbons (Fsp3) is 0.0435. The third-order valence-corrected chi connectivity index (χ3v) is 5.49. The number of aromatic amines is 1. The van der Waals surface area contributed by atoms with Gasteiger partial charge in [0.2, 0.25) is 0 Å². The normalized spacial score (nSPS) is 11.4. The second-order valence-corrected chi connectivity index (χ2v) is 8.15. The largest absolute Gasteiger partial charge is 0.488 e. The zero-order valence-electron chi connectivity index (χ0n) is 15.2. The van der Waals surface area contributed by atoms with Gasteiger partial charge in [-0.05, 0) is 69.5 Å². The third-order valence-electron chi connectivity index (χ3n) is 4.34. The monoisotopic (exact) mass is 507 g/mol. The molecule has 6 heteroatoms. The van der Waals surface area contributed by atoms with Crippen molar-refractivity contribution < 1.29 is 4.74 Å². The predicted octanol–water partition coefficient (Wildman–Crippen LogP) is 6.73. The number of H-pyrrole nitrogens is 1. The third kappa shape index (κ3) is 4.58. The SMILES string of the molecule is N#C/C(=C/c1ccc(OCc2ccc(Br)cc2)c(Br)c1)c1nc2ccccc2[nH]1. The number of imidazole rings is 1. The number of nitrogens with one attached hydrogen (secondary N) is 1. The lowest BCUT2D eigenvalue weighted by Crippen LogP contribution is -1.96. The van der Waals surface area contributed by atoms with Crippen LogP contribution in [0.1, 0.15) is 17.0 Å². The van der Waals surface area contributed by atoms with E-state index >= 15 is 0 Å². The zero-order chi connectivity index (χ0) is 20.2. The number of benzene rings is 3. The Hall–Kier alpha value is -2.88. The first kappa shape index (κ1) is 19.4. The van der Waals surface area contributed by atoms with Crippen LogP contribution in [0.4, 0.5) is 0 Å². The minimum atomic E-state index is 0.469. The Kier molecular flexibility index (Phi) is 5.79. The predicted molar refractivity (Wildman–Crippen MR) is 122 cm³/mol. The average molecular weight is 509 g/mol. The molecule has 29 heavy (non-hydrogen) atoms. The van der Waals surface area contributed by atoms with Crippen molar-refractivity contribution in [3.63, 3.8) is 0 Å². The summed E-state index contributed by atoms with van der Waals surface area (Å²) >= 11 is 6.99. The van der Waals surface area contributed by atoms with Crippen LogP contribution in [0.5, 0.6) is 5.75 Å². The summed E-state index contributed by atoms with van der Waals surface area (Å²) in [4.78, 5) is 7.70. The topological polar surface area (TPSA) is 61.7 Å². The lowest BCUT2D eigenvalue weighted by Gasteiger charge is -2.09. The van der Waals surface area contributed by atoms with E-state index in [1.807, 2.05) is 66.7 Å². The highest BCUT2D eigenvalue weighted by Gasteiger charge is 2.09. The van der Waals surface area contributed by atoms with Gasteiger partial charge < -0.3 is 9.72 Å². The number of ether oxygens (including phenoxy) is 1. The zero-order valence-corrected chi connectivity index (χ0v) is 18.4. The standard InChI is InChI=1S/C23H15Br2N3O/c24-18-8-5-15(6-9-18)14-29-22-10-7-16(12-19(22)25)11-17(13-26)23-27-20-3-1-2-4-21(20)28-23/h1-12H,14H2,(H,27,28)/b17-11-.